The Labute approximate surface area is 104 Å². The molecule has 0 N–H and O–H groups in total. The number of rotatable bonds is 4. The lowest BCUT2D eigenvalue weighted by Gasteiger charge is -2.08. The van der Waals surface area contributed by atoms with Gasteiger partial charge in [0, 0.05) is 23.5 Å². The summed E-state index contributed by atoms with van der Waals surface area (Å²) in [6.07, 6.45) is 3.03. The van der Waals surface area contributed by atoms with E-state index in [9.17, 15) is 4.39 Å². The van der Waals surface area contributed by atoms with Gasteiger partial charge in [0.25, 0.3) is 0 Å². The van der Waals surface area contributed by atoms with E-state index in [1.54, 1.807) is 18.2 Å². The Hall–Kier alpha value is -2.17. The summed E-state index contributed by atoms with van der Waals surface area (Å²) in [5.74, 6) is -0.182. The quantitative estimate of drug-likeness (QED) is 0.834. The molecule has 1 aromatic heterocycles. The van der Waals surface area contributed by atoms with Crippen molar-refractivity contribution in [2.45, 2.75) is 6.92 Å². The van der Waals surface area contributed by atoms with Crippen molar-refractivity contribution < 1.29 is 13.9 Å². The minimum atomic E-state index is -0.409. The maximum Gasteiger partial charge on any atom is 0.316 e. The molecule has 0 amide bonds. The number of ether oxygens (including phenoxy) is 2. The molecule has 2 rings (SSSR count). The topological polar surface area (TPSA) is 44.2 Å². The molecule has 0 bridgehead atoms. The molecule has 0 unspecified atom stereocenters. The fraction of sp³-hybridized carbons (Fsp3) is 0.231. The summed E-state index contributed by atoms with van der Waals surface area (Å²) in [5.41, 5.74) is 0.985. The van der Waals surface area contributed by atoms with Gasteiger partial charge in [-0.1, -0.05) is 12.1 Å². The highest BCUT2D eigenvalue weighted by Crippen LogP contribution is 2.28. The fourth-order valence-electron chi connectivity index (χ4n) is 1.56. The molecule has 5 heteroatoms. The van der Waals surface area contributed by atoms with Crippen molar-refractivity contribution in [3.05, 3.63) is 36.4 Å². The first-order valence-electron chi connectivity index (χ1n) is 5.54. The summed E-state index contributed by atoms with van der Waals surface area (Å²) in [6.45, 7) is 2.22. The highest BCUT2D eigenvalue weighted by molar-refractivity contribution is 5.64. The second kappa shape index (κ2) is 5.44. The van der Waals surface area contributed by atoms with Crippen LogP contribution in [0.3, 0.4) is 0 Å². The minimum absolute atomic E-state index is 0.228. The van der Waals surface area contributed by atoms with Crippen molar-refractivity contribution in [2.24, 2.45) is 0 Å². The average molecular weight is 248 g/mol. The minimum Gasteiger partial charge on any atom is -0.491 e. The van der Waals surface area contributed by atoms with Crippen molar-refractivity contribution in [3.8, 4) is 22.9 Å². The molecule has 0 aliphatic heterocycles. The van der Waals surface area contributed by atoms with Gasteiger partial charge < -0.3 is 9.47 Å². The van der Waals surface area contributed by atoms with E-state index in [0.29, 0.717) is 17.7 Å². The monoisotopic (exact) mass is 248 g/mol. The first-order valence-corrected chi connectivity index (χ1v) is 5.54. The SMILES string of the molecule is CCOc1cccc(-c2cnc(OC)nc2)c1F. The lowest BCUT2D eigenvalue weighted by molar-refractivity contribution is 0.322. The maximum atomic E-state index is 14.1. The smallest absolute Gasteiger partial charge is 0.316 e. The third-order valence-corrected chi connectivity index (χ3v) is 2.38. The molecule has 4 nitrogen and oxygen atoms in total. The van der Waals surface area contributed by atoms with Gasteiger partial charge >= 0.3 is 6.01 Å². The Kier molecular flexibility index (Phi) is 3.72. The molecule has 2 aromatic rings. The van der Waals surface area contributed by atoms with Gasteiger partial charge in [0.2, 0.25) is 0 Å². The number of hydrogen-bond acceptors (Lipinski definition) is 4. The molecule has 1 heterocycles. The standard InChI is InChI=1S/C13H13FN2O2/c1-3-18-11-6-4-5-10(12(11)14)9-7-15-13(17-2)16-8-9/h4-8H,3H2,1-2H3. The summed E-state index contributed by atoms with van der Waals surface area (Å²) in [4.78, 5) is 7.90. The largest absolute Gasteiger partial charge is 0.491 e. The lowest BCUT2D eigenvalue weighted by atomic mass is 10.1. The van der Waals surface area contributed by atoms with Crippen LogP contribution in [0.25, 0.3) is 11.1 Å². The van der Waals surface area contributed by atoms with Crippen molar-refractivity contribution >= 4 is 0 Å². The predicted octanol–water partition coefficient (Wildman–Crippen LogP) is 2.69. The maximum absolute atomic E-state index is 14.1. The number of aromatic nitrogens is 2. The summed E-state index contributed by atoms with van der Waals surface area (Å²) in [6, 6.07) is 5.23. The van der Waals surface area contributed by atoms with E-state index in [1.165, 1.54) is 19.5 Å². The Morgan fingerprint density at radius 3 is 2.56 bits per heavy atom. The predicted molar refractivity (Wildman–Crippen MR) is 65.1 cm³/mol. The molecular formula is C13H13FN2O2. The molecule has 0 atom stereocenters. The first-order chi connectivity index (χ1) is 8.76. The summed E-state index contributed by atoms with van der Waals surface area (Å²) in [5, 5.41) is 0. The summed E-state index contributed by atoms with van der Waals surface area (Å²) >= 11 is 0. The Bertz CT molecular complexity index is 529. The highest BCUT2D eigenvalue weighted by atomic mass is 19.1. The van der Waals surface area contributed by atoms with Gasteiger partial charge in [0.15, 0.2) is 11.6 Å². The fourth-order valence-corrected chi connectivity index (χ4v) is 1.56. The van der Waals surface area contributed by atoms with Crippen LogP contribution in [-0.2, 0) is 0 Å². The second-order valence-corrected chi connectivity index (χ2v) is 3.51. The van der Waals surface area contributed by atoms with E-state index in [-0.39, 0.29) is 11.8 Å². The van der Waals surface area contributed by atoms with E-state index < -0.39 is 5.82 Å². The Morgan fingerprint density at radius 2 is 1.94 bits per heavy atom. The molecule has 0 radical (unpaired) electrons. The zero-order valence-electron chi connectivity index (χ0n) is 10.2. The molecule has 0 aliphatic rings. The molecule has 0 aliphatic carbocycles. The van der Waals surface area contributed by atoms with Crippen molar-refractivity contribution in [1.29, 1.82) is 0 Å². The van der Waals surface area contributed by atoms with E-state index in [0.717, 1.165) is 0 Å². The number of nitrogens with zero attached hydrogens (tertiary/aromatic N) is 2. The van der Waals surface area contributed by atoms with E-state index >= 15 is 0 Å². The van der Waals surface area contributed by atoms with E-state index in [1.807, 2.05) is 6.92 Å². The molecule has 1 aromatic carbocycles. The molecule has 0 saturated heterocycles. The van der Waals surface area contributed by atoms with E-state index in [2.05, 4.69) is 9.97 Å². The van der Waals surface area contributed by atoms with Crippen molar-refractivity contribution in [2.75, 3.05) is 13.7 Å². The van der Waals surface area contributed by atoms with Gasteiger partial charge in [0.05, 0.1) is 13.7 Å². The van der Waals surface area contributed by atoms with Gasteiger partial charge in [-0.25, -0.2) is 14.4 Å². The van der Waals surface area contributed by atoms with E-state index in [4.69, 9.17) is 9.47 Å². The molecule has 94 valence electrons. The Balaban J connectivity index is 2.40. The second-order valence-electron chi connectivity index (χ2n) is 3.51. The third kappa shape index (κ3) is 2.40. The van der Waals surface area contributed by atoms with Crippen LogP contribution in [0.15, 0.2) is 30.6 Å². The van der Waals surface area contributed by atoms with Crippen molar-refractivity contribution in [3.63, 3.8) is 0 Å². The van der Waals surface area contributed by atoms with Crippen LogP contribution in [0.1, 0.15) is 6.92 Å². The molecule has 0 spiro atoms. The zero-order chi connectivity index (χ0) is 13.0. The first kappa shape index (κ1) is 12.3. The van der Waals surface area contributed by atoms with Crippen LogP contribution in [0.4, 0.5) is 4.39 Å². The van der Waals surface area contributed by atoms with Gasteiger partial charge in [0.1, 0.15) is 0 Å². The number of benzene rings is 1. The Morgan fingerprint density at radius 1 is 1.22 bits per heavy atom. The van der Waals surface area contributed by atoms with Gasteiger partial charge in [-0.2, -0.15) is 0 Å². The number of hydrogen-bond donors (Lipinski definition) is 0. The molecule has 0 fully saturated rings. The van der Waals surface area contributed by atoms with Crippen molar-refractivity contribution in [1.82, 2.24) is 9.97 Å². The van der Waals surface area contributed by atoms with Crippen LogP contribution in [0, 0.1) is 5.82 Å². The molecule has 0 saturated carbocycles. The van der Waals surface area contributed by atoms with Crippen LogP contribution in [-0.4, -0.2) is 23.7 Å². The van der Waals surface area contributed by atoms with Crippen LogP contribution < -0.4 is 9.47 Å². The summed E-state index contributed by atoms with van der Waals surface area (Å²) in [7, 11) is 1.48. The van der Waals surface area contributed by atoms with Crippen LogP contribution in [0.2, 0.25) is 0 Å². The summed E-state index contributed by atoms with van der Waals surface area (Å²) < 4.78 is 24.2. The highest BCUT2D eigenvalue weighted by Gasteiger charge is 2.11. The van der Waals surface area contributed by atoms with Crippen LogP contribution >= 0.6 is 0 Å². The normalized spacial score (nSPS) is 10.2. The number of halogens is 1. The third-order valence-electron chi connectivity index (χ3n) is 2.38. The molecular weight excluding hydrogens is 235 g/mol. The van der Waals surface area contributed by atoms with Crippen LogP contribution in [0.5, 0.6) is 11.8 Å². The number of methoxy groups -OCH3 is 1. The lowest BCUT2D eigenvalue weighted by Crippen LogP contribution is -1.97. The van der Waals surface area contributed by atoms with Gasteiger partial charge in [-0.15, -0.1) is 0 Å². The zero-order valence-corrected chi connectivity index (χ0v) is 10.2. The van der Waals surface area contributed by atoms with Gasteiger partial charge in [-0.05, 0) is 13.0 Å². The average Bonchev–Trinajstić information content (AvgIpc) is 2.42. The van der Waals surface area contributed by atoms with Gasteiger partial charge in [-0.3, -0.25) is 0 Å². The molecule has 18 heavy (non-hydrogen) atoms.